The molecule has 1 aliphatic heterocycles. The van der Waals surface area contributed by atoms with Gasteiger partial charge in [-0.05, 0) is 38.3 Å². The van der Waals surface area contributed by atoms with Gasteiger partial charge in [0.2, 0.25) is 5.91 Å². The summed E-state index contributed by atoms with van der Waals surface area (Å²) < 4.78 is 0. The van der Waals surface area contributed by atoms with Crippen LogP contribution in [0, 0.1) is 11.3 Å². The normalized spacial score (nSPS) is 33.6. The first-order chi connectivity index (χ1) is 5.26. The van der Waals surface area contributed by atoms with E-state index < -0.39 is 0 Å². The molecular formula is C8H14N2O. The van der Waals surface area contributed by atoms with E-state index in [2.05, 4.69) is 5.32 Å². The molecule has 0 bridgehead atoms. The van der Waals surface area contributed by atoms with Gasteiger partial charge >= 0.3 is 0 Å². The zero-order chi connectivity index (χ0) is 7.90. The van der Waals surface area contributed by atoms with E-state index in [1.807, 2.05) is 0 Å². The van der Waals surface area contributed by atoms with E-state index in [1.165, 1.54) is 0 Å². The summed E-state index contributed by atoms with van der Waals surface area (Å²) in [5.74, 6) is 0.450. The van der Waals surface area contributed by atoms with Crippen molar-refractivity contribution < 1.29 is 4.79 Å². The molecule has 0 spiro atoms. The van der Waals surface area contributed by atoms with Crippen LogP contribution < -0.4 is 11.1 Å². The lowest BCUT2D eigenvalue weighted by atomic mass is 9.88. The highest BCUT2D eigenvalue weighted by molar-refractivity contribution is 5.84. The Bertz CT molecular complexity index is 181. The molecule has 1 amide bonds. The number of nitrogens with two attached hydrogens (primary N) is 1. The van der Waals surface area contributed by atoms with E-state index in [-0.39, 0.29) is 11.3 Å². The second-order valence-electron chi connectivity index (χ2n) is 3.71. The van der Waals surface area contributed by atoms with Gasteiger partial charge in [0.05, 0.1) is 5.41 Å². The molecule has 1 heterocycles. The first-order valence-electron chi connectivity index (χ1n) is 4.26. The van der Waals surface area contributed by atoms with Crippen molar-refractivity contribution in [1.29, 1.82) is 0 Å². The van der Waals surface area contributed by atoms with Crippen LogP contribution in [0.3, 0.4) is 0 Å². The molecule has 1 atom stereocenters. The zero-order valence-corrected chi connectivity index (χ0v) is 6.60. The lowest BCUT2D eigenvalue weighted by Gasteiger charge is -2.17. The molecule has 3 nitrogen and oxygen atoms in total. The molecule has 2 rings (SSSR count). The third-order valence-electron chi connectivity index (χ3n) is 3.12. The van der Waals surface area contributed by atoms with Crippen LogP contribution in [0.4, 0.5) is 0 Å². The molecule has 3 N–H and O–H groups in total. The Morgan fingerprint density at radius 2 is 2.27 bits per heavy atom. The van der Waals surface area contributed by atoms with Crippen LogP contribution >= 0.6 is 0 Å². The molecule has 11 heavy (non-hydrogen) atoms. The summed E-state index contributed by atoms with van der Waals surface area (Å²) in [5, 5.41) is 3.27. The molecule has 1 aliphatic carbocycles. The number of carbonyl (C=O) groups excluding carboxylic acids is 1. The van der Waals surface area contributed by atoms with Crippen LogP contribution in [0.1, 0.15) is 19.3 Å². The highest BCUT2D eigenvalue weighted by atomic mass is 16.1. The Balaban J connectivity index is 2.07. The third kappa shape index (κ3) is 0.948. The molecular weight excluding hydrogens is 140 g/mol. The average Bonchev–Trinajstić information content (AvgIpc) is 2.61. The summed E-state index contributed by atoms with van der Waals surface area (Å²) in [4.78, 5) is 11.1. The monoisotopic (exact) mass is 154 g/mol. The zero-order valence-electron chi connectivity index (χ0n) is 6.60. The van der Waals surface area contributed by atoms with Gasteiger partial charge in [0.25, 0.3) is 0 Å². The Morgan fingerprint density at radius 1 is 1.55 bits per heavy atom. The lowest BCUT2D eigenvalue weighted by molar-refractivity contribution is -0.124. The van der Waals surface area contributed by atoms with Crippen molar-refractivity contribution >= 4 is 5.91 Å². The second-order valence-corrected chi connectivity index (χ2v) is 3.71. The summed E-state index contributed by atoms with van der Waals surface area (Å²) in [6, 6.07) is 0. The average molecular weight is 154 g/mol. The fraction of sp³-hybridized carbons (Fsp3) is 0.875. The number of amides is 1. The second kappa shape index (κ2) is 2.21. The lowest BCUT2D eigenvalue weighted by Crippen LogP contribution is -2.32. The number of rotatable bonds is 2. The van der Waals surface area contributed by atoms with Gasteiger partial charge in [-0.1, -0.05) is 0 Å². The highest BCUT2D eigenvalue weighted by Crippen LogP contribution is 2.53. The number of hydrogen-bond donors (Lipinski definition) is 2. The Hall–Kier alpha value is -0.570. The minimum absolute atomic E-state index is 0.0776. The van der Waals surface area contributed by atoms with Crippen molar-refractivity contribution in [2.45, 2.75) is 19.3 Å². The van der Waals surface area contributed by atoms with Gasteiger partial charge in [0.1, 0.15) is 0 Å². The number of carbonyl (C=O) groups is 1. The smallest absolute Gasteiger partial charge is 0.223 e. The van der Waals surface area contributed by atoms with Crippen LogP contribution in [0.5, 0.6) is 0 Å². The SMILES string of the molecule is NC(=O)C1(C2CCNC2)CC1. The van der Waals surface area contributed by atoms with Crippen LogP contribution in [0.25, 0.3) is 0 Å². The molecule has 0 aromatic rings. The largest absolute Gasteiger partial charge is 0.369 e. The molecule has 0 aromatic heterocycles. The van der Waals surface area contributed by atoms with Gasteiger partial charge in [0, 0.05) is 0 Å². The Morgan fingerprint density at radius 3 is 2.64 bits per heavy atom. The van der Waals surface area contributed by atoms with Gasteiger partial charge in [-0.25, -0.2) is 0 Å². The predicted molar refractivity (Wildman–Crippen MR) is 41.8 cm³/mol. The molecule has 3 heteroatoms. The third-order valence-corrected chi connectivity index (χ3v) is 3.12. The maximum atomic E-state index is 11.1. The van der Waals surface area contributed by atoms with E-state index in [1.54, 1.807) is 0 Å². The van der Waals surface area contributed by atoms with Crippen LogP contribution in [-0.2, 0) is 4.79 Å². The minimum atomic E-state index is -0.0937. The van der Waals surface area contributed by atoms with Crippen molar-refractivity contribution in [2.24, 2.45) is 17.1 Å². The van der Waals surface area contributed by atoms with Crippen LogP contribution in [0.2, 0.25) is 0 Å². The van der Waals surface area contributed by atoms with Gasteiger partial charge in [-0.15, -0.1) is 0 Å². The van der Waals surface area contributed by atoms with E-state index >= 15 is 0 Å². The fourth-order valence-electron chi connectivity index (χ4n) is 2.12. The first kappa shape index (κ1) is 7.10. The Kier molecular flexibility index (Phi) is 1.42. The van der Waals surface area contributed by atoms with E-state index in [0.717, 1.165) is 32.4 Å². The number of nitrogens with one attached hydrogen (secondary N) is 1. The molecule has 0 radical (unpaired) electrons. The molecule has 2 fully saturated rings. The summed E-state index contributed by atoms with van der Waals surface area (Å²) in [7, 11) is 0. The van der Waals surface area contributed by atoms with Crippen molar-refractivity contribution in [2.75, 3.05) is 13.1 Å². The van der Waals surface area contributed by atoms with E-state index in [0.29, 0.717) is 5.92 Å². The molecule has 1 saturated carbocycles. The topological polar surface area (TPSA) is 55.1 Å². The van der Waals surface area contributed by atoms with E-state index in [9.17, 15) is 4.79 Å². The van der Waals surface area contributed by atoms with E-state index in [4.69, 9.17) is 5.73 Å². The first-order valence-corrected chi connectivity index (χ1v) is 4.26. The predicted octanol–water partition coefficient (Wildman–Crippen LogP) is -0.139. The highest BCUT2D eigenvalue weighted by Gasteiger charge is 2.54. The van der Waals surface area contributed by atoms with Gasteiger partial charge in [-0.2, -0.15) is 0 Å². The maximum absolute atomic E-state index is 11.1. The van der Waals surface area contributed by atoms with Crippen molar-refractivity contribution in [3.63, 3.8) is 0 Å². The van der Waals surface area contributed by atoms with Crippen molar-refractivity contribution in [3.05, 3.63) is 0 Å². The van der Waals surface area contributed by atoms with Crippen molar-refractivity contribution in [3.8, 4) is 0 Å². The molecule has 0 aromatic carbocycles. The summed E-state index contributed by atoms with van der Waals surface area (Å²) >= 11 is 0. The number of hydrogen-bond acceptors (Lipinski definition) is 2. The quantitative estimate of drug-likeness (QED) is 0.581. The molecule has 1 unspecified atom stereocenters. The fourth-order valence-corrected chi connectivity index (χ4v) is 2.12. The summed E-state index contributed by atoms with van der Waals surface area (Å²) in [6.07, 6.45) is 3.17. The molecule has 62 valence electrons. The molecule has 2 aliphatic rings. The minimum Gasteiger partial charge on any atom is -0.369 e. The number of primary amides is 1. The summed E-state index contributed by atoms with van der Waals surface area (Å²) in [5.41, 5.74) is 5.25. The van der Waals surface area contributed by atoms with Gasteiger partial charge < -0.3 is 11.1 Å². The summed E-state index contributed by atoms with van der Waals surface area (Å²) in [6.45, 7) is 2.04. The van der Waals surface area contributed by atoms with Gasteiger partial charge in [0.15, 0.2) is 0 Å². The van der Waals surface area contributed by atoms with Crippen LogP contribution in [0.15, 0.2) is 0 Å². The van der Waals surface area contributed by atoms with Gasteiger partial charge in [-0.3, -0.25) is 4.79 Å². The molecule has 1 saturated heterocycles. The van der Waals surface area contributed by atoms with Crippen molar-refractivity contribution in [1.82, 2.24) is 5.32 Å². The Labute approximate surface area is 66.3 Å². The maximum Gasteiger partial charge on any atom is 0.223 e. The standard InChI is InChI=1S/C8H14N2O/c9-7(11)8(2-3-8)6-1-4-10-5-6/h6,10H,1-5H2,(H2,9,11). The van der Waals surface area contributed by atoms with Crippen LogP contribution in [-0.4, -0.2) is 19.0 Å².